The number of rotatable bonds is 2. The number of halogens is 1. The molecular weight excluding hydrogens is 692 g/mol. The third kappa shape index (κ3) is 9.74. The first-order valence-corrected chi connectivity index (χ1v) is 14.8. The third-order valence-electron chi connectivity index (χ3n) is 7.84. The van der Waals surface area contributed by atoms with E-state index in [0.29, 0.717) is 6.54 Å². The molecule has 0 bridgehead atoms. The summed E-state index contributed by atoms with van der Waals surface area (Å²) in [6.07, 6.45) is 0. The number of hydrogen-bond donors (Lipinski definition) is 2. The molecule has 0 fully saturated rings. The van der Waals surface area contributed by atoms with Gasteiger partial charge >= 0.3 is 0 Å². The van der Waals surface area contributed by atoms with Crippen molar-refractivity contribution in [2.75, 3.05) is 0 Å². The van der Waals surface area contributed by atoms with Crippen LogP contribution in [0.2, 0.25) is 0 Å². The second-order valence-corrected chi connectivity index (χ2v) is 11.1. The Morgan fingerprint density at radius 2 is 0.571 bits per heavy atom. The lowest BCUT2D eigenvalue weighted by Gasteiger charge is -2.06. The van der Waals surface area contributed by atoms with Crippen LogP contribution in [0.15, 0.2) is 133 Å². The predicted molar refractivity (Wildman–Crippen MR) is 212 cm³/mol. The largest absolute Gasteiger partial charge is 0.412 e. The predicted octanol–water partition coefficient (Wildman–Crippen LogP) is 4.21. The summed E-state index contributed by atoms with van der Waals surface area (Å²) in [5.41, 5.74) is 8.22. The fourth-order valence-electron chi connectivity index (χ4n) is 5.69. The molecule has 0 aliphatic rings. The van der Waals surface area contributed by atoms with E-state index >= 15 is 0 Å². The fraction of sp³-hybridized carbons (Fsp3) is 0.0526. The Morgan fingerprint density at radius 1 is 0.327 bits per heavy atom. The SMILES string of the molecule is BrCc1ccc2cc3cc4ccccc4cc3cc2c1.N.NCc1ccc2cc3cc4ccccc4cc3cc2c1.O.O.O.O.O.O.O.O. The molecular formula is C38H47BrN2O8. The highest BCUT2D eigenvalue weighted by Gasteiger charge is 2.03. The van der Waals surface area contributed by atoms with Crippen LogP contribution < -0.4 is 11.9 Å². The van der Waals surface area contributed by atoms with Gasteiger partial charge in [-0.3, -0.25) is 0 Å². The highest BCUT2D eigenvalue weighted by molar-refractivity contribution is 9.08. The summed E-state index contributed by atoms with van der Waals surface area (Å²) in [6, 6.07) is 48.3. The Kier molecular flexibility index (Phi) is 20.6. The van der Waals surface area contributed by atoms with E-state index in [2.05, 4.69) is 149 Å². The smallest absolute Gasteiger partial charge is 0.0283 e. The molecule has 49 heavy (non-hydrogen) atoms. The van der Waals surface area contributed by atoms with Crippen molar-refractivity contribution in [2.24, 2.45) is 5.73 Å². The molecule has 10 nitrogen and oxygen atoms in total. The van der Waals surface area contributed by atoms with Crippen molar-refractivity contribution in [1.82, 2.24) is 6.15 Å². The van der Waals surface area contributed by atoms with Crippen LogP contribution in [-0.4, -0.2) is 43.8 Å². The van der Waals surface area contributed by atoms with Gasteiger partial charge in [0.25, 0.3) is 0 Å². The molecule has 21 N–H and O–H groups in total. The van der Waals surface area contributed by atoms with Crippen molar-refractivity contribution in [3.05, 3.63) is 145 Å². The Hall–Kier alpha value is -4.60. The van der Waals surface area contributed by atoms with Crippen LogP contribution in [0.1, 0.15) is 11.1 Å². The minimum absolute atomic E-state index is 0. The second-order valence-electron chi connectivity index (χ2n) is 10.5. The van der Waals surface area contributed by atoms with Gasteiger partial charge in [0, 0.05) is 11.9 Å². The van der Waals surface area contributed by atoms with Crippen molar-refractivity contribution in [3.63, 3.8) is 0 Å². The first-order chi connectivity index (χ1) is 19.7. The zero-order valence-electron chi connectivity index (χ0n) is 26.8. The summed E-state index contributed by atoms with van der Waals surface area (Å²) in [6.45, 7) is 0.589. The maximum Gasteiger partial charge on any atom is 0.0283 e. The van der Waals surface area contributed by atoms with E-state index in [4.69, 9.17) is 5.73 Å². The van der Waals surface area contributed by atoms with Crippen molar-refractivity contribution < 1.29 is 43.8 Å². The molecule has 0 aromatic heterocycles. The highest BCUT2D eigenvalue weighted by Crippen LogP contribution is 2.29. The normalized spacial score (nSPS) is 9.35. The van der Waals surface area contributed by atoms with Crippen LogP contribution in [0.5, 0.6) is 0 Å². The van der Waals surface area contributed by atoms with E-state index in [9.17, 15) is 0 Å². The van der Waals surface area contributed by atoms with E-state index in [0.717, 1.165) is 5.33 Å². The highest BCUT2D eigenvalue weighted by atomic mass is 79.9. The lowest BCUT2D eigenvalue weighted by molar-refractivity contribution is 0.823. The van der Waals surface area contributed by atoms with Gasteiger partial charge in [-0.1, -0.05) is 94.8 Å². The second kappa shape index (κ2) is 20.7. The molecule has 0 saturated carbocycles. The van der Waals surface area contributed by atoms with Crippen LogP contribution >= 0.6 is 15.9 Å². The quantitative estimate of drug-likeness (QED) is 0.194. The van der Waals surface area contributed by atoms with Crippen molar-refractivity contribution in [2.45, 2.75) is 11.9 Å². The average Bonchev–Trinajstić information content (AvgIpc) is 3.00. The molecule has 8 aromatic carbocycles. The molecule has 8 rings (SSSR count). The van der Waals surface area contributed by atoms with Crippen molar-refractivity contribution >= 4 is 80.6 Å². The molecule has 0 heterocycles. The third-order valence-corrected chi connectivity index (χ3v) is 8.49. The number of alkyl halides is 1. The zero-order chi connectivity index (χ0) is 27.1. The summed E-state index contributed by atoms with van der Waals surface area (Å²) in [4.78, 5) is 0. The zero-order valence-corrected chi connectivity index (χ0v) is 28.4. The molecule has 8 aromatic rings. The summed E-state index contributed by atoms with van der Waals surface area (Å²) in [5, 5.41) is 16.4. The van der Waals surface area contributed by atoms with Gasteiger partial charge in [0.2, 0.25) is 0 Å². The van der Waals surface area contributed by atoms with Crippen molar-refractivity contribution in [1.29, 1.82) is 0 Å². The van der Waals surface area contributed by atoms with Crippen molar-refractivity contribution in [3.8, 4) is 0 Å². The van der Waals surface area contributed by atoms with Crippen LogP contribution in [0.4, 0.5) is 0 Å². The monoisotopic (exact) mass is 738 g/mol. The van der Waals surface area contributed by atoms with Crippen LogP contribution in [0, 0.1) is 0 Å². The summed E-state index contributed by atoms with van der Waals surface area (Å²) < 4.78 is 0. The molecule has 0 radical (unpaired) electrons. The first-order valence-electron chi connectivity index (χ1n) is 13.6. The Labute approximate surface area is 292 Å². The van der Waals surface area contributed by atoms with E-state index in [1.54, 1.807) is 0 Å². The molecule has 0 unspecified atom stereocenters. The minimum Gasteiger partial charge on any atom is -0.412 e. The Bertz CT molecular complexity index is 2070. The minimum atomic E-state index is 0. The topological polar surface area (TPSA) is 313 Å². The molecule has 0 spiro atoms. The lowest BCUT2D eigenvalue weighted by atomic mass is 9.99. The van der Waals surface area contributed by atoms with Gasteiger partial charge in [0.15, 0.2) is 0 Å². The summed E-state index contributed by atoms with van der Waals surface area (Å²) >= 11 is 3.53. The van der Waals surface area contributed by atoms with E-state index < -0.39 is 0 Å². The van der Waals surface area contributed by atoms with Gasteiger partial charge in [-0.25, -0.2) is 0 Å². The van der Waals surface area contributed by atoms with Gasteiger partial charge in [-0.15, -0.1) is 0 Å². The summed E-state index contributed by atoms with van der Waals surface area (Å²) in [7, 11) is 0. The molecule has 264 valence electrons. The standard InChI is InChI=1S/C19H13Br.C19H15N.H3N.8H2O/c2*20-12-13-5-6-16-10-18-8-14-3-1-2-4-15(14)9-19(18)11-17(16)7-13;;;;;;;;;/h1-11H,12H2;1-11H,12,20H2;1H3;8*1H2. The number of benzene rings is 8. The molecule has 0 saturated heterocycles. The molecule has 0 atom stereocenters. The van der Waals surface area contributed by atoms with Crippen LogP contribution in [0.25, 0.3) is 64.6 Å². The average molecular weight is 740 g/mol. The van der Waals surface area contributed by atoms with Gasteiger partial charge in [-0.2, -0.15) is 0 Å². The van der Waals surface area contributed by atoms with Crippen LogP contribution in [0.3, 0.4) is 0 Å². The maximum absolute atomic E-state index is 5.73. The van der Waals surface area contributed by atoms with Gasteiger partial charge in [0.05, 0.1) is 0 Å². The molecule has 0 aliphatic heterocycles. The molecule has 0 amide bonds. The van der Waals surface area contributed by atoms with Gasteiger partial charge in [0.1, 0.15) is 0 Å². The summed E-state index contributed by atoms with van der Waals surface area (Å²) in [5.74, 6) is 0. The number of nitrogens with two attached hydrogens (primary N) is 1. The Balaban J connectivity index is -0.000000730. The van der Waals surface area contributed by atoms with Gasteiger partial charge < -0.3 is 55.7 Å². The number of hydrogen-bond acceptors (Lipinski definition) is 2. The first kappa shape index (κ1) is 48.8. The van der Waals surface area contributed by atoms with Gasteiger partial charge in [-0.05, 0) is 130 Å². The Morgan fingerprint density at radius 3 is 0.878 bits per heavy atom. The molecule has 11 heteroatoms. The fourth-order valence-corrected chi connectivity index (χ4v) is 6.04. The lowest BCUT2D eigenvalue weighted by Crippen LogP contribution is -1.95. The van der Waals surface area contributed by atoms with E-state index in [1.165, 1.54) is 75.8 Å². The van der Waals surface area contributed by atoms with Crippen LogP contribution in [-0.2, 0) is 11.9 Å². The number of fused-ring (bicyclic) bond motifs is 6. The maximum atomic E-state index is 5.73. The van der Waals surface area contributed by atoms with E-state index in [-0.39, 0.29) is 50.0 Å². The van der Waals surface area contributed by atoms with E-state index in [1.807, 2.05) is 0 Å². The molecule has 0 aliphatic carbocycles.